The van der Waals surface area contributed by atoms with Gasteiger partial charge in [0.2, 0.25) is 5.91 Å². The van der Waals surface area contributed by atoms with Crippen molar-refractivity contribution in [3.8, 4) is 6.07 Å². The summed E-state index contributed by atoms with van der Waals surface area (Å²) in [6.07, 6.45) is 6.30. The minimum absolute atomic E-state index is 0.230. The predicted molar refractivity (Wildman–Crippen MR) is 107 cm³/mol. The zero-order chi connectivity index (χ0) is 19.7. The molecule has 1 spiro atoms. The van der Waals surface area contributed by atoms with Crippen molar-refractivity contribution in [2.45, 2.75) is 39.7 Å². The van der Waals surface area contributed by atoms with Crippen molar-refractivity contribution < 1.29 is 4.79 Å². The topological polar surface area (TPSA) is 73.1 Å². The van der Waals surface area contributed by atoms with Crippen LogP contribution in [0.15, 0.2) is 30.6 Å². The molecular formula is C22H25N5O. The van der Waals surface area contributed by atoms with Crippen LogP contribution in [0.4, 0.5) is 5.82 Å². The maximum absolute atomic E-state index is 13.4. The van der Waals surface area contributed by atoms with Gasteiger partial charge in [-0.05, 0) is 56.4 Å². The average molecular weight is 375 g/mol. The number of rotatable bonds is 3. The van der Waals surface area contributed by atoms with Crippen molar-refractivity contribution in [1.82, 2.24) is 14.9 Å². The van der Waals surface area contributed by atoms with Gasteiger partial charge in [0.1, 0.15) is 11.9 Å². The highest BCUT2D eigenvalue weighted by Gasteiger charge is 2.49. The van der Waals surface area contributed by atoms with Crippen molar-refractivity contribution in [2.24, 2.45) is 5.41 Å². The number of likely N-dealkylation sites (tertiary alicyclic amines) is 1. The van der Waals surface area contributed by atoms with Crippen LogP contribution in [0.25, 0.3) is 0 Å². The van der Waals surface area contributed by atoms with E-state index >= 15 is 0 Å². The van der Waals surface area contributed by atoms with Gasteiger partial charge in [-0.2, -0.15) is 5.26 Å². The highest BCUT2D eigenvalue weighted by molar-refractivity contribution is 5.85. The molecule has 28 heavy (non-hydrogen) atoms. The molecule has 2 aliphatic rings. The zero-order valence-electron chi connectivity index (χ0n) is 16.5. The van der Waals surface area contributed by atoms with E-state index in [9.17, 15) is 10.1 Å². The van der Waals surface area contributed by atoms with Crippen LogP contribution < -0.4 is 4.90 Å². The first kappa shape index (κ1) is 18.4. The molecule has 144 valence electrons. The van der Waals surface area contributed by atoms with Crippen LogP contribution >= 0.6 is 0 Å². The molecule has 6 heteroatoms. The van der Waals surface area contributed by atoms with E-state index < -0.39 is 0 Å². The second kappa shape index (κ2) is 7.23. The number of amides is 1. The highest BCUT2D eigenvalue weighted by atomic mass is 16.2. The normalized spacial score (nSPS) is 22.0. The second-order valence-corrected chi connectivity index (χ2v) is 8.03. The Morgan fingerprint density at radius 2 is 2.14 bits per heavy atom. The molecule has 2 saturated heterocycles. The number of pyridine rings is 2. The number of piperidine rings is 1. The molecule has 2 aliphatic heterocycles. The fraction of sp³-hybridized carbons (Fsp3) is 0.455. The molecule has 0 N–H and O–H groups in total. The number of carbonyl (C=O) groups is 1. The van der Waals surface area contributed by atoms with Crippen LogP contribution in [0.2, 0.25) is 0 Å². The summed E-state index contributed by atoms with van der Waals surface area (Å²) >= 11 is 0. The van der Waals surface area contributed by atoms with E-state index in [-0.39, 0.29) is 11.3 Å². The molecule has 0 saturated carbocycles. The van der Waals surface area contributed by atoms with Gasteiger partial charge in [0, 0.05) is 44.3 Å². The highest BCUT2D eigenvalue weighted by Crippen LogP contribution is 2.42. The lowest BCUT2D eigenvalue weighted by Gasteiger charge is -2.39. The van der Waals surface area contributed by atoms with Crippen molar-refractivity contribution in [3.63, 3.8) is 0 Å². The molecule has 1 amide bonds. The lowest BCUT2D eigenvalue weighted by molar-refractivity contribution is -0.145. The van der Waals surface area contributed by atoms with Gasteiger partial charge in [-0.15, -0.1) is 0 Å². The lowest BCUT2D eigenvalue weighted by atomic mass is 9.78. The van der Waals surface area contributed by atoms with Crippen LogP contribution in [0.1, 0.15) is 41.6 Å². The Morgan fingerprint density at radius 1 is 1.29 bits per heavy atom. The van der Waals surface area contributed by atoms with Crippen molar-refractivity contribution in [2.75, 3.05) is 24.5 Å². The third-order valence-electron chi connectivity index (χ3n) is 6.01. The van der Waals surface area contributed by atoms with Crippen molar-refractivity contribution in [1.29, 1.82) is 5.26 Å². The Bertz CT molecular complexity index is 936. The minimum atomic E-state index is -0.369. The van der Waals surface area contributed by atoms with Crippen molar-refractivity contribution >= 4 is 11.7 Å². The predicted octanol–water partition coefficient (Wildman–Crippen LogP) is 2.98. The molecule has 6 nitrogen and oxygen atoms in total. The Balaban J connectivity index is 1.57. The molecule has 1 unspecified atom stereocenters. The number of hydrogen-bond donors (Lipinski definition) is 0. The van der Waals surface area contributed by atoms with Gasteiger partial charge < -0.3 is 9.80 Å². The van der Waals surface area contributed by atoms with E-state index in [1.807, 2.05) is 43.1 Å². The molecule has 0 aromatic carbocycles. The van der Waals surface area contributed by atoms with Gasteiger partial charge >= 0.3 is 0 Å². The Morgan fingerprint density at radius 3 is 2.89 bits per heavy atom. The number of carbonyl (C=O) groups excluding carboxylic acids is 1. The van der Waals surface area contributed by atoms with Crippen LogP contribution in [0.5, 0.6) is 0 Å². The number of aromatic nitrogens is 2. The summed E-state index contributed by atoms with van der Waals surface area (Å²) in [6, 6.07) is 8.17. The van der Waals surface area contributed by atoms with E-state index in [1.165, 1.54) is 0 Å². The first-order valence-corrected chi connectivity index (χ1v) is 9.84. The van der Waals surface area contributed by atoms with E-state index in [0.29, 0.717) is 18.7 Å². The molecule has 2 fully saturated rings. The van der Waals surface area contributed by atoms with Crippen LogP contribution in [0.3, 0.4) is 0 Å². The fourth-order valence-corrected chi connectivity index (χ4v) is 4.63. The summed E-state index contributed by atoms with van der Waals surface area (Å²) in [5.41, 5.74) is 3.16. The summed E-state index contributed by atoms with van der Waals surface area (Å²) in [5.74, 6) is 0.960. The molecule has 0 bridgehead atoms. The number of aryl methyl sites for hydroxylation is 2. The molecule has 2 aromatic heterocycles. The molecular weight excluding hydrogens is 350 g/mol. The number of anilines is 1. The minimum Gasteiger partial charge on any atom is -0.354 e. The monoisotopic (exact) mass is 375 g/mol. The van der Waals surface area contributed by atoms with E-state index in [1.54, 1.807) is 6.20 Å². The average Bonchev–Trinajstić information content (AvgIpc) is 3.11. The van der Waals surface area contributed by atoms with Gasteiger partial charge in [0.15, 0.2) is 0 Å². The van der Waals surface area contributed by atoms with Crippen LogP contribution in [-0.2, 0) is 11.3 Å². The summed E-state index contributed by atoms with van der Waals surface area (Å²) < 4.78 is 0. The van der Waals surface area contributed by atoms with E-state index in [2.05, 4.69) is 20.9 Å². The Labute approximate surface area is 165 Å². The Kier molecular flexibility index (Phi) is 4.76. The number of nitrogens with zero attached hydrogens (tertiary/aromatic N) is 5. The largest absolute Gasteiger partial charge is 0.354 e. The quantitative estimate of drug-likeness (QED) is 0.825. The number of nitriles is 1. The fourth-order valence-electron chi connectivity index (χ4n) is 4.63. The molecule has 0 aliphatic carbocycles. The maximum Gasteiger partial charge on any atom is 0.230 e. The molecule has 2 aromatic rings. The van der Waals surface area contributed by atoms with Gasteiger partial charge in [-0.25, -0.2) is 4.98 Å². The number of hydrogen-bond acceptors (Lipinski definition) is 5. The van der Waals surface area contributed by atoms with Gasteiger partial charge in [-0.1, -0.05) is 6.07 Å². The SMILES string of the molecule is Cc1cc(C)c(C#N)c(N2CCC3(CCCN(Cc4cccnc4)C3=O)C2)n1. The second-order valence-electron chi connectivity index (χ2n) is 8.03. The third kappa shape index (κ3) is 3.22. The third-order valence-corrected chi connectivity index (χ3v) is 6.01. The van der Waals surface area contributed by atoms with Gasteiger partial charge in [-0.3, -0.25) is 9.78 Å². The van der Waals surface area contributed by atoms with Crippen LogP contribution in [-0.4, -0.2) is 40.4 Å². The summed E-state index contributed by atoms with van der Waals surface area (Å²) in [4.78, 5) is 26.3. The Hall–Kier alpha value is -2.94. The smallest absolute Gasteiger partial charge is 0.230 e. The van der Waals surface area contributed by atoms with Gasteiger partial charge in [0.05, 0.1) is 11.0 Å². The molecule has 4 rings (SSSR count). The zero-order valence-corrected chi connectivity index (χ0v) is 16.5. The molecule has 1 atom stereocenters. The van der Waals surface area contributed by atoms with E-state index in [4.69, 9.17) is 0 Å². The maximum atomic E-state index is 13.4. The summed E-state index contributed by atoms with van der Waals surface area (Å²) in [7, 11) is 0. The standard InChI is InChI=1S/C22H25N5O/c1-16-11-17(2)25-20(19(16)12-23)27-10-7-22(15-27)6-4-9-26(21(22)28)14-18-5-3-8-24-13-18/h3,5,8,11,13H,4,6-7,9-10,14-15H2,1-2H3. The lowest BCUT2D eigenvalue weighted by Crippen LogP contribution is -2.49. The molecule has 0 radical (unpaired) electrons. The first-order chi connectivity index (χ1) is 13.5. The summed E-state index contributed by atoms with van der Waals surface area (Å²) in [6.45, 7) is 6.70. The first-order valence-electron chi connectivity index (χ1n) is 9.84. The van der Waals surface area contributed by atoms with Gasteiger partial charge in [0.25, 0.3) is 0 Å². The van der Waals surface area contributed by atoms with Crippen LogP contribution in [0, 0.1) is 30.6 Å². The van der Waals surface area contributed by atoms with E-state index in [0.717, 1.165) is 55.0 Å². The van der Waals surface area contributed by atoms with Crippen molar-refractivity contribution in [3.05, 3.63) is 53.0 Å². The molecule has 4 heterocycles. The summed E-state index contributed by atoms with van der Waals surface area (Å²) in [5, 5.41) is 9.61.